The number of amides is 1. The van der Waals surface area contributed by atoms with Crippen molar-refractivity contribution >= 4 is 34.7 Å². The number of carbonyl (C=O) groups is 1. The summed E-state index contributed by atoms with van der Waals surface area (Å²) < 4.78 is 5.11. The lowest BCUT2D eigenvalue weighted by Crippen LogP contribution is -2.24. The van der Waals surface area contributed by atoms with Gasteiger partial charge in [-0.15, -0.1) is 0 Å². The van der Waals surface area contributed by atoms with Gasteiger partial charge >= 0.3 is 5.63 Å². The molecule has 1 heterocycles. The van der Waals surface area contributed by atoms with Gasteiger partial charge in [-0.3, -0.25) is 4.79 Å². The molecule has 0 saturated heterocycles. The first-order valence-electron chi connectivity index (χ1n) is 6.75. The van der Waals surface area contributed by atoms with Crippen LogP contribution in [0.2, 0.25) is 5.02 Å². The predicted molar refractivity (Wildman–Crippen MR) is 89.0 cm³/mol. The second-order valence-electron chi connectivity index (χ2n) is 4.74. The van der Waals surface area contributed by atoms with Crippen LogP contribution in [0.5, 0.6) is 0 Å². The van der Waals surface area contributed by atoms with Crippen molar-refractivity contribution in [2.45, 2.75) is 0 Å². The molecule has 0 aliphatic carbocycles. The Morgan fingerprint density at radius 2 is 1.87 bits per heavy atom. The van der Waals surface area contributed by atoms with Crippen molar-refractivity contribution in [2.75, 3.05) is 0 Å². The summed E-state index contributed by atoms with van der Waals surface area (Å²) in [6, 6.07) is 15.4. The minimum absolute atomic E-state index is 0.100. The third kappa shape index (κ3) is 3.46. The molecule has 2 aromatic carbocycles. The number of hydrogen-bond acceptors (Lipinski definition) is 4. The Kier molecular flexibility index (Phi) is 4.21. The van der Waals surface area contributed by atoms with Crippen LogP contribution in [0.15, 0.2) is 68.9 Å². The number of para-hydroxylation sites is 1. The molecule has 0 saturated carbocycles. The van der Waals surface area contributed by atoms with Gasteiger partial charge in [0.05, 0.1) is 6.21 Å². The molecule has 1 aromatic heterocycles. The van der Waals surface area contributed by atoms with Gasteiger partial charge in [0.1, 0.15) is 11.1 Å². The third-order valence-electron chi connectivity index (χ3n) is 3.14. The number of rotatable bonds is 3. The van der Waals surface area contributed by atoms with Gasteiger partial charge in [-0.1, -0.05) is 41.9 Å². The summed E-state index contributed by atoms with van der Waals surface area (Å²) in [6.07, 6.45) is 1.46. The number of hydrogen-bond donors (Lipinski definition) is 1. The van der Waals surface area contributed by atoms with Crippen molar-refractivity contribution in [2.24, 2.45) is 5.10 Å². The molecule has 0 aliphatic rings. The molecule has 23 heavy (non-hydrogen) atoms. The van der Waals surface area contributed by atoms with Crippen molar-refractivity contribution in [1.29, 1.82) is 0 Å². The highest BCUT2D eigenvalue weighted by Gasteiger charge is 2.12. The van der Waals surface area contributed by atoms with E-state index in [2.05, 4.69) is 10.5 Å². The van der Waals surface area contributed by atoms with Crippen molar-refractivity contribution in [1.82, 2.24) is 5.43 Å². The highest BCUT2D eigenvalue weighted by molar-refractivity contribution is 6.30. The van der Waals surface area contributed by atoms with Crippen molar-refractivity contribution in [3.63, 3.8) is 0 Å². The largest absolute Gasteiger partial charge is 0.422 e. The summed E-state index contributed by atoms with van der Waals surface area (Å²) in [4.78, 5) is 23.9. The van der Waals surface area contributed by atoms with E-state index < -0.39 is 11.5 Å². The number of hydrazone groups is 1. The van der Waals surface area contributed by atoms with E-state index in [0.29, 0.717) is 16.0 Å². The van der Waals surface area contributed by atoms with Crippen LogP contribution in [0.4, 0.5) is 0 Å². The first-order valence-corrected chi connectivity index (χ1v) is 7.13. The quantitative estimate of drug-likeness (QED) is 0.456. The highest BCUT2D eigenvalue weighted by atomic mass is 35.5. The zero-order valence-electron chi connectivity index (χ0n) is 11.8. The molecule has 0 unspecified atom stereocenters. The summed E-state index contributed by atoms with van der Waals surface area (Å²) in [7, 11) is 0. The molecule has 3 aromatic rings. The molecular formula is C17H11ClN2O3. The van der Waals surface area contributed by atoms with Gasteiger partial charge in [-0.2, -0.15) is 5.10 Å². The van der Waals surface area contributed by atoms with E-state index in [1.807, 2.05) is 0 Å². The first-order chi connectivity index (χ1) is 11.1. The monoisotopic (exact) mass is 326 g/mol. The Morgan fingerprint density at radius 3 is 2.65 bits per heavy atom. The molecule has 6 heteroatoms. The topological polar surface area (TPSA) is 71.7 Å². The van der Waals surface area contributed by atoms with Crippen LogP contribution in [0, 0.1) is 0 Å². The Bertz CT molecular complexity index is 946. The lowest BCUT2D eigenvalue weighted by molar-refractivity contribution is 0.0951. The van der Waals surface area contributed by atoms with E-state index in [9.17, 15) is 9.59 Å². The fourth-order valence-electron chi connectivity index (χ4n) is 1.99. The van der Waals surface area contributed by atoms with E-state index in [1.54, 1.807) is 48.5 Å². The average molecular weight is 327 g/mol. The Morgan fingerprint density at radius 1 is 1.13 bits per heavy atom. The summed E-state index contributed by atoms with van der Waals surface area (Å²) in [5, 5.41) is 5.10. The van der Waals surface area contributed by atoms with Gasteiger partial charge in [0.2, 0.25) is 0 Å². The summed E-state index contributed by atoms with van der Waals surface area (Å²) in [5.41, 5.74) is 2.69. The maximum atomic E-state index is 12.0. The smallest absolute Gasteiger partial charge is 0.349 e. The molecule has 0 spiro atoms. The number of halogens is 1. The van der Waals surface area contributed by atoms with Gasteiger partial charge in [0, 0.05) is 10.4 Å². The average Bonchev–Trinajstić information content (AvgIpc) is 2.56. The maximum absolute atomic E-state index is 12.0. The molecule has 0 bridgehead atoms. The van der Waals surface area contributed by atoms with Crippen LogP contribution in [0.3, 0.4) is 0 Å². The lowest BCUT2D eigenvalue weighted by atomic mass is 10.2. The van der Waals surface area contributed by atoms with E-state index >= 15 is 0 Å². The molecule has 0 radical (unpaired) electrons. The second-order valence-corrected chi connectivity index (χ2v) is 5.17. The molecule has 0 fully saturated rings. The van der Waals surface area contributed by atoms with Crippen LogP contribution in [0.25, 0.3) is 11.0 Å². The normalized spacial score (nSPS) is 11.0. The summed E-state index contributed by atoms with van der Waals surface area (Å²) >= 11 is 5.78. The van der Waals surface area contributed by atoms with E-state index in [0.717, 1.165) is 5.56 Å². The number of fused-ring (bicyclic) bond motifs is 1. The zero-order chi connectivity index (χ0) is 16.2. The van der Waals surface area contributed by atoms with E-state index in [4.69, 9.17) is 16.0 Å². The molecule has 5 nitrogen and oxygen atoms in total. The standard InChI is InChI=1S/C17H11ClN2O3/c18-13-7-5-11(6-8-13)10-19-20-16(21)14-9-12-3-1-2-4-15(12)23-17(14)22/h1-10H,(H,20,21). The minimum atomic E-state index is -0.706. The molecule has 0 atom stereocenters. The van der Waals surface area contributed by atoms with Crippen LogP contribution in [0.1, 0.15) is 15.9 Å². The van der Waals surface area contributed by atoms with Crippen molar-refractivity contribution < 1.29 is 9.21 Å². The third-order valence-corrected chi connectivity index (χ3v) is 3.39. The SMILES string of the molecule is O=C(NN=Cc1ccc(Cl)cc1)c1cc2ccccc2oc1=O. The Balaban J connectivity index is 1.79. The van der Waals surface area contributed by atoms with Gasteiger partial charge in [-0.25, -0.2) is 10.2 Å². The van der Waals surface area contributed by atoms with Crippen LogP contribution in [-0.4, -0.2) is 12.1 Å². The first kappa shape index (κ1) is 15.0. The van der Waals surface area contributed by atoms with Crippen LogP contribution >= 0.6 is 11.6 Å². The van der Waals surface area contributed by atoms with Gasteiger partial charge < -0.3 is 4.42 Å². The molecule has 0 aliphatic heterocycles. The number of nitrogens with zero attached hydrogens (tertiary/aromatic N) is 1. The summed E-state index contributed by atoms with van der Waals surface area (Å²) in [5.74, 6) is -0.630. The van der Waals surface area contributed by atoms with Crippen LogP contribution < -0.4 is 11.1 Å². The molecule has 114 valence electrons. The van der Waals surface area contributed by atoms with E-state index in [1.165, 1.54) is 12.3 Å². The van der Waals surface area contributed by atoms with E-state index in [-0.39, 0.29) is 5.56 Å². The highest BCUT2D eigenvalue weighted by Crippen LogP contribution is 2.12. The molecule has 1 amide bonds. The Labute approximate surface area is 136 Å². The molecular weight excluding hydrogens is 316 g/mol. The lowest BCUT2D eigenvalue weighted by Gasteiger charge is -2.01. The van der Waals surface area contributed by atoms with Gasteiger partial charge in [0.15, 0.2) is 0 Å². The Hall–Kier alpha value is -2.92. The van der Waals surface area contributed by atoms with Crippen LogP contribution in [-0.2, 0) is 0 Å². The van der Waals surface area contributed by atoms with Gasteiger partial charge in [-0.05, 0) is 29.8 Å². The molecule has 3 rings (SSSR count). The zero-order valence-corrected chi connectivity index (χ0v) is 12.6. The number of carbonyl (C=O) groups excluding carboxylic acids is 1. The predicted octanol–water partition coefficient (Wildman–Crippen LogP) is 3.21. The second kappa shape index (κ2) is 6.46. The summed E-state index contributed by atoms with van der Waals surface area (Å²) in [6.45, 7) is 0. The van der Waals surface area contributed by atoms with Crippen molar-refractivity contribution in [3.05, 3.63) is 81.2 Å². The number of benzene rings is 2. The fourth-order valence-corrected chi connectivity index (χ4v) is 2.12. The fraction of sp³-hybridized carbons (Fsp3) is 0. The van der Waals surface area contributed by atoms with Crippen molar-refractivity contribution in [3.8, 4) is 0 Å². The minimum Gasteiger partial charge on any atom is -0.422 e. The van der Waals surface area contributed by atoms with Gasteiger partial charge in [0.25, 0.3) is 5.91 Å². The number of nitrogens with one attached hydrogen (secondary N) is 1. The maximum Gasteiger partial charge on any atom is 0.349 e. The molecule has 1 N–H and O–H groups in total.